The average Bonchev–Trinajstić information content (AvgIpc) is 2.50. The maximum Gasteiger partial charge on any atom is 0.109 e. The van der Waals surface area contributed by atoms with Gasteiger partial charge in [-0.1, -0.05) is 20.4 Å². The van der Waals surface area contributed by atoms with Gasteiger partial charge in [-0.3, -0.25) is 0 Å². The van der Waals surface area contributed by atoms with Gasteiger partial charge < -0.3 is 20.1 Å². The zero-order valence-electron chi connectivity index (χ0n) is 12.0. The number of fused-ring (bicyclic) bond motifs is 2. The van der Waals surface area contributed by atoms with Crippen LogP contribution in [-0.4, -0.2) is 45.3 Å². The predicted octanol–water partition coefficient (Wildman–Crippen LogP) is 1.24. The van der Waals surface area contributed by atoms with Gasteiger partial charge in [-0.25, -0.2) is 0 Å². The zero-order chi connectivity index (χ0) is 14.4. The summed E-state index contributed by atoms with van der Waals surface area (Å²) in [6, 6.07) is 0. The van der Waals surface area contributed by atoms with Crippen molar-refractivity contribution in [3.8, 4) is 0 Å². The molecule has 6 atom stereocenters. The molecule has 0 amide bonds. The molecule has 110 valence electrons. The van der Waals surface area contributed by atoms with E-state index in [2.05, 4.69) is 20.4 Å². The molecule has 4 nitrogen and oxygen atoms in total. The first-order valence-electron chi connectivity index (χ1n) is 7.16. The fourth-order valence-corrected chi connectivity index (χ4v) is 3.44. The van der Waals surface area contributed by atoms with Crippen molar-refractivity contribution >= 4 is 0 Å². The Hall–Kier alpha value is -0.420. The van der Waals surface area contributed by atoms with Gasteiger partial charge in [-0.2, -0.15) is 0 Å². The molecule has 2 fully saturated rings. The van der Waals surface area contributed by atoms with Crippen LogP contribution in [0.25, 0.3) is 0 Å². The molecule has 19 heavy (non-hydrogen) atoms. The molecule has 2 saturated heterocycles. The molecule has 1 unspecified atom stereocenters. The summed E-state index contributed by atoms with van der Waals surface area (Å²) < 4.78 is 5.99. The second-order valence-corrected chi connectivity index (χ2v) is 6.66. The summed E-state index contributed by atoms with van der Waals surface area (Å²) in [4.78, 5) is 0. The summed E-state index contributed by atoms with van der Waals surface area (Å²) in [5, 5.41) is 30.9. The van der Waals surface area contributed by atoms with Gasteiger partial charge in [0.1, 0.15) is 12.2 Å². The van der Waals surface area contributed by atoms with Crippen LogP contribution in [0.1, 0.15) is 40.0 Å². The van der Waals surface area contributed by atoms with E-state index in [-0.39, 0.29) is 12.3 Å². The Morgan fingerprint density at radius 2 is 1.95 bits per heavy atom. The molecule has 2 rings (SSSR count). The molecular formula is C15H26O4. The molecule has 0 saturated carbocycles. The van der Waals surface area contributed by atoms with Gasteiger partial charge in [0.25, 0.3) is 0 Å². The number of aliphatic hydroxyl groups excluding tert-OH is 3. The summed E-state index contributed by atoms with van der Waals surface area (Å²) in [5.41, 5.74) is -0.135. The molecule has 3 N–H and O–H groups in total. The van der Waals surface area contributed by atoms with Gasteiger partial charge in [-0.15, -0.1) is 0 Å². The number of aliphatic hydroxyl groups is 3. The third-order valence-corrected chi connectivity index (χ3v) is 4.84. The standard InChI is InChI=1S/C15H26O4/c1-8(2)10-5-6-15(4)14(18)11(16)7-9(3)13(19-15)12(10)17/h8,10-14,16-18H,3,5-7H2,1-2,4H3/t10-,11+,12-,13?,14+,15-/m0/s1. The molecule has 0 aromatic carbocycles. The molecule has 0 aliphatic carbocycles. The summed E-state index contributed by atoms with van der Waals surface area (Å²) >= 11 is 0. The lowest BCUT2D eigenvalue weighted by Crippen LogP contribution is -2.48. The van der Waals surface area contributed by atoms with E-state index in [0.717, 1.165) is 6.42 Å². The highest BCUT2D eigenvalue weighted by molar-refractivity contribution is 5.15. The highest BCUT2D eigenvalue weighted by atomic mass is 16.5. The summed E-state index contributed by atoms with van der Waals surface area (Å²) in [5.74, 6) is 0.476. The van der Waals surface area contributed by atoms with Crippen molar-refractivity contribution in [2.45, 2.75) is 70.1 Å². The Morgan fingerprint density at radius 3 is 2.53 bits per heavy atom. The van der Waals surface area contributed by atoms with Crippen molar-refractivity contribution in [2.75, 3.05) is 0 Å². The summed E-state index contributed by atoms with van der Waals surface area (Å²) in [6.45, 7) is 9.94. The number of hydrogen-bond donors (Lipinski definition) is 3. The highest BCUT2D eigenvalue weighted by Gasteiger charge is 2.49. The van der Waals surface area contributed by atoms with E-state index in [1.807, 2.05) is 6.92 Å². The topological polar surface area (TPSA) is 69.9 Å². The maximum absolute atomic E-state index is 10.6. The largest absolute Gasteiger partial charge is 0.390 e. The Labute approximate surface area is 115 Å². The quantitative estimate of drug-likeness (QED) is 0.627. The lowest BCUT2D eigenvalue weighted by Gasteiger charge is -2.35. The van der Waals surface area contributed by atoms with Crippen LogP contribution in [0.4, 0.5) is 0 Å². The van der Waals surface area contributed by atoms with Gasteiger partial charge in [0, 0.05) is 0 Å². The Bertz CT molecular complexity index is 354. The molecule has 0 spiro atoms. The molecular weight excluding hydrogens is 244 g/mol. The first-order chi connectivity index (χ1) is 8.76. The highest BCUT2D eigenvalue weighted by Crippen LogP contribution is 2.42. The third-order valence-electron chi connectivity index (χ3n) is 4.84. The van der Waals surface area contributed by atoms with Crippen molar-refractivity contribution in [1.29, 1.82) is 0 Å². The smallest absolute Gasteiger partial charge is 0.109 e. The fourth-order valence-electron chi connectivity index (χ4n) is 3.44. The number of hydrogen-bond acceptors (Lipinski definition) is 4. The van der Waals surface area contributed by atoms with E-state index < -0.39 is 30.0 Å². The van der Waals surface area contributed by atoms with E-state index in [4.69, 9.17) is 4.74 Å². The van der Waals surface area contributed by atoms with E-state index in [1.165, 1.54) is 0 Å². The minimum Gasteiger partial charge on any atom is -0.390 e. The van der Waals surface area contributed by atoms with Crippen molar-refractivity contribution < 1.29 is 20.1 Å². The van der Waals surface area contributed by atoms with E-state index in [0.29, 0.717) is 17.9 Å². The van der Waals surface area contributed by atoms with Crippen LogP contribution in [0.15, 0.2) is 12.2 Å². The van der Waals surface area contributed by atoms with Gasteiger partial charge in [0.15, 0.2) is 0 Å². The monoisotopic (exact) mass is 270 g/mol. The SMILES string of the molecule is C=C1C[C@@H](O)[C@@H](O)[C@]2(C)CC[C@@H](C(C)C)[C@H](O)C1O2. The zero-order valence-corrected chi connectivity index (χ0v) is 12.0. The Morgan fingerprint density at radius 1 is 1.32 bits per heavy atom. The number of ether oxygens (including phenoxy) is 1. The molecule has 2 aliphatic heterocycles. The average molecular weight is 270 g/mol. The third kappa shape index (κ3) is 2.59. The molecule has 0 radical (unpaired) electrons. The maximum atomic E-state index is 10.6. The molecule has 4 heteroatoms. The van der Waals surface area contributed by atoms with Crippen LogP contribution >= 0.6 is 0 Å². The van der Waals surface area contributed by atoms with Crippen molar-refractivity contribution in [1.82, 2.24) is 0 Å². The van der Waals surface area contributed by atoms with Gasteiger partial charge >= 0.3 is 0 Å². The van der Waals surface area contributed by atoms with Gasteiger partial charge in [-0.05, 0) is 43.6 Å². The van der Waals surface area contributed by atoms with Crippen LogP contribution in [0.5, 0.6) is 0 Å². The second kappa shape index (κ2) is 5.17. The van der Waals surface area contributed by atoms with Crippen molar-refractivity contribution in [3.63, 3.8) is 0 Å². The van der Waals surface area contributed by atoms with Gasteiger partial charge in [0.2, 0.25) is 0 Å². The fraction of sp³-hybridized carbons (Fsp3) is 0.867. The summed E-state index contributed by atoms with van der Waals surface area (Å²) in [6.07, 6.45) is -1.22. The lowest BCUT2D eigenvalue weighted by molar-refractivity contribution is -0.165. The van der Waals surface area contributed by atoms with Crippen LogP contribution in [0.2, 0.25) is 0 Å². The number of rotatable bonds is 1. The van der Waals surface area contributed by atoms with E-state index in [1.54, 1.807) is 0 Å². The lowest BCUT2D eigenvalue weighted by atomic mass is 9.78. The first-order valence-corrected chi connectivity index (χ1v) is 7.16. The normalized spacial score (nSPS) is 47.9. The second-order valence-electron chi connectivity index (χ2n) is 6.66. The Kier molecular flexibility index (Phi) is 4.07. The van der Waals surface area contributed by atoms with Crippen molar-refractivity contribution in [2.24, 2.45) is 11.8 Å². The van der Waals surface area contributed by atoms with Crippen LogP contribution in [-0.2, 0) is 4.74 Å². The van der Waals surface area contributed by atoms with Gasteiger partial charge in [0.05, 0.1) is 17.8 Å². The van der Waals surface area contributed by atoms with Crippen molar-refractivity contribution in [3.05, 3.63) is 12.2 Å². The molecule has 0 aromatic rings. The van der Waals surface area contributed by atoms with E-state index >= 15 is 0 Å². The Balaban J connectivity index is 2.36. The molecule has 0 aromatic heterocycles. The van der Waals surface area contributed by atoms with E-state index in [9.17, 15) is 15.3 Å². The van der Waals surface area contributed by atoms with Crippen LogP contribution in [0, 0.1) is 11.8 Å². The minimum absolute atomic E-state index is 0.131. The molecule has 2 bridgehead atoms. The van der Waals surface area contributed by atoms with Crippen LogP contribution < -0.4 is 0 Å². The molecule has 2 heterocycles. The van der Waals surface area contributed by atoms with Crippen LogP contribution in [0.3, 0.4) is 0 Å². The predicted molar refractivity (Wildman–Crippen MR) is 72.6 cm³/mol. The minimum atomic E-state index is -0.938. The first kappa shape index (κ1) is 15.0. The summed E-state index contributed by atoms with van der Waals surface area (Å²) in [7, 11) is 0. The molecule has 2 aliphatic rings.